The second kappa shape index (κ2) is 7.99. The molecule has 1 amide bonds. The first kappa shape index (κ1) is 17.9. The summed E-state index contributed by atoms with van der Waals surface area (Å²) in [5.41, 5.74) is 0. The van der Waals surface area contributed by atoms with Crippen LogP contribution in [-0.2, 0) is 19.5 Å². The highest BCUT2D eigenvalue weighted by atomic mass is 16.5. The van der Waals surface area contributed by atoms with Gasteiger partial charge in [0, 0.05) is 25.4 Å². The van der Waals surface area contributed by atoms with Crippen molar-refractivity contribution in [3.63, 3.8) is 0 Å². The van der Waals surface area contributed by atoms with Crippen LogP contribution in [0.3, 0.4) is 0 Å². The van der Waals surface area contributed by atoms with Gasteiger partial charge in [0.15, 0.2) is 11.6 Å². The first-order valence-electron chi connectivity index (χ1n) is 8.72. The van der Waals surface area contributed by atoms with Gasteiger partial charge in [-0.1, -0.05) is 19.0 Å². The Hall–Kier alpha value is -2.90. The molecule has 0 fully saturated rings. The molecule has 0 saturated heterocycles. The highest BCUT2D eigenvalue weighted by Crippen LogP contribution is 2.14. The van der Waals surface area contributed by atoms with Gasteiger partial charge in [-0.25, -0.2) is 0 Å². The molecule has 0 aliphatic rings. The highest BCUT2D eigenvalue weighted by Gasteiger charge is 2.21. The lowest BCUT2D eigenvalue weighted by Gasteiger charge is -2.17. The molecule has 0 aliphatic heterocycles. The molecule has 0 radical (unpaired) electrons. The number of amides is 1. The lowest BCUT2D eigenvalue weighted by Crippen LogP contribution is -2.30. The molecule has 0 unspecified atom stereocenters. The van der Waals surface area contributed by atoms with Crippen molar-refractivity contribution in [1.82, 2.24) is 24.8 Å². The zero-order chi connectivity index (χ0) is 18.5. The molecule has 8 nitrogen and oxygen atoms in total. The van der Waals surface area contributed by atoms with Crippen LogP contribution in [-0.4, -0.2) is 37.3 Å². The first-order chi connectivity index (χ1) is 12.5. The molecule has 3 heterocycles. The Bertz CT molecular complexity index is 835. The normalized spacial score (nSPS) is 11.2. The van der Waals surface area contributed by atoms with Crippen molar-refractivity contribution in [2.45, 2.75) is 40.3 Å². The molecule has 0 aliphatic carbocycles. The van der Waals surface area contributed by atoms with Gasteiger partial charge in [-0.05, 0) is 31.0 Å². The van der Waals surface area contributed by atoms with E-state index in [0.717, 1.165) is 6.42 Å². The van der Waals surface area contributed by atoms with Crippen LogP contribution >= 0.6 is 0 Å². The molecule has 0 bridgehead atoms. The summed E-state index contributed by atoms with van der Waals surface area (Å²) in [6.07, 6.45) is 4.27. The predicted molar refractivity (Wildman–Crippen MR) is 93.3 cm³/mol. The first-order valence-corrected chi connectivity index (χ1v) is 8.72. The van der Waals surface area contributed by atoms with Gasteiger partial charge in [-0.3, -0.25) is 9.48 Å². The second-order valence-corrected chi connectivity index (χ2v) is 6.49. The minimum absolute atomic E-state index is 0.200. The van der Waals surface area contributed by atoms with Crippen LogP contribution < -0.4 is 0 Å². The maximum atomic E-state index is 12.7. The molecular formula is C18H23N5O3. The van der Waals surface area contributed by atoms with E-state index < -0.39 is 0 Å². The molecule has 8 heteroatoms. The van der Waals surface area contributed by atoms with E-state index in [1.54, 1.807) is 27.9 Å². The summed E-state index contributed by atoms with van der Waals surface area (Å²) in [5.74, 6) is 2.29. The number of nitrogens with zero attached hydrogens (tertiary/aromatic N) is 5. The zero-order valence-electron chi connectivity index (χ0n) is 15.3. The molecule has 3 aromatic heterocycles. The number of carbonyl (C=O) groups excluding carboxylic acids is 1. The number of furan rings is 1. The predicted octanol–water partition coefficient (Wildman–Crippen LogP) is 2.77. The van der Waals surface area contributed by atoms with E-state index >= 15 is 0 Å². The zero-order valence-corrected chi connectivity index (χ0v) is 15.3. The number of carbonyl (C=O) groups is 1. The number of aromatic nitrogens is 4. The van der Waals surface area contributed by atoms with E-state index in [0.29, 0.717) is 42.2 Å². The van der Waals surface area contributed by atoms with Crippen molar-refractivity contribution in [2.75, 3.05) is 6.54 Å². The Balaban J connectivity index is 1.65. The van der Waals surface area contributed by atoms with Gasteiger partial charge >= 0.3 is 0 Å². The van der Waals surface area contributed by atoms with Crippen LogP contribution in [0.15, 0.2) is 39.5 Å². The smallest absolute Gasteiger partial charge is 0.289 e. The van der Waals surface area contributed by atoms with Gasteiger partial charge in [0.2, 0.25) is 5.89 Å². The quantitative estimate of drug-likeness (QED) is 0.616. The maximum Gasteiger partial charge on any atom is 0.289 e. The van der Waals surface area contributed by atoms with Crippen LogP contribution in [0.1, 0.15) is 48.8 Å². The van der Waals surface area contributed by atoms with Crippen LogP contribution in [0, 0.1) is 5.92 Å². The lowest BCUT2D eigenvalue weighted by atomic mass is 10.1. The number of hydrogen-bond donors (Lipinski definition) is 0. The van der Waals surface area contributed by atoms with Crippen molar-refractivity contribution in [3.8, 4) is 0 Å². The highest BCUT2D eigenvalue weighted by molar-refractivity contribution is 5.91. The van der Waals surface area contributed by atoms with Crippen molar-refractivity contribution in [3.05, 3.63) is 53.8 Å². The van der Waals surface area contributed by atoms with E-state index in [-0.39, 0.29) is 12.5 Å². The van der Waals surface area contributed by atoms with E-state index in [9.17, 15) is 4.79 Å². The Morgan fingerprint density at radius 1 is 1.35 bits per heavy atom. The maximum absolute atomic E-state index is 12.7. The Labute approximate surface area is 151 Å². The Morgan fingerprint density at radius 3 is 2.88 bits per heavy atom. The number of hydrogen-bond acceptors (Lipinski definition) is 6. The third kappa shape index (κ3) is 4.38. The molecule has 26 heavy (non-hydrogen) atoms. The Morgan fingerprint density at radius 2 is 2.19 bits per heavy atom. The van der Waals surface area contributed by atoms with Gasteiger partial charge in [0.25, 0.3) is 5.91 Å². The SMILES string of the molecule is CCN(Cc1noc(CC(C)C)n1)C(=O)c1ccc(Cn2cccn2)o1. The summed E-state index contributed by atoms with van der Waals surface area (Å²) in [6, 6.07) is 5.31. The average Bonchev–Trinajstić information content (AvgIpc) is 3.34. The van der Waals surface area contributed by atoms with Gasteiger partial charge in [-0.2, -0.15) is 10.1 Å². The molecule has 0 saturated carbocycles. The molecule has 3 rings (SSSR count). The van der Waals surface area contributed by atoms with Crippen molar-refractivity contribution in [1.29, 1.82) is 0 Å². The van der Waals surface area contributed by atoms with Gasteiger partial charge in [-0.15, -0.1) is 0 Å². The summed E-state index contributed by atoms with van der Waals surface area (Å²) in [5, 5.41) is 8.10. The van der Waals surface area contributed by atoms with Gasteiger partial charge in [0.1, 0.15) is 5.76 Å². The van der Waals surface area contributed by atoms with Crippen LogP contribution in [0.4, 0.5) is 0 Å². The fraction of sp³-hybridized carbons (Fsp3) is 0.444. The van der Waals surface area contributed by atoms with Crippen LogP contribution in [0.5, 0.6) is 0 Å². The van der Waals surface area contributed by atoms with Gasteiger partial charge in [0.05, 0.1) is 13.1 Å². The summed E-state index contributed by atoms with van der Waals surface area (Å²) in [4.78, 5) is 18.7. The molecule has 3 aromatic rings. The average molecular weight is 357 g/mol. The van der Waals surface area contributed by atoms with Crippen molar-refractivity contribution >= 4 is 5.91 Å². The summed E-state index contributed by atoms with van der Waals surface area (Å²) < 4.78 is 12.7. The van der Waals surface area contributed by atoms with E-state index in [2.05, 4.69) is 29.1 Å². The van der Waals surface area contributed by atoms with Crippen LogP contribution in [0.25, 0.3) is 0 Å². The summed E-state index contributed by atoms with van der Waals surface area (Å²) in [6.45, 7) is 7.36. The molecule has 0 aromatic carbocycles. The lowest BCUT2D eigenvalue weighted by molar-refractivity contribution is 0.0713. The summed E-state index contributed by atoms with van der Waals surface area (Å²) >= 11 is 0. The summed E-state index contributed by atoms with van der Waals surface area (Å²) in [7, 11) is 0. The number of rotatable bonds is 8. The third-order valence-electron chi connectivity index (χ3n) is 3.84. The van der Waals surface area contributed by atoms with Crippen molar-refractivity contribution in [2.24, 2.45) is 5.92 Å². The Kier molecular flexibility index (Phi) is 5.50. The van der Waals surface area contributed by atoms with E-state index in [1.165, 1.54) is 0 Å². The molecule has 0 atom stereocenters. The largest absolute Gasteiger partial charge is 0.454 e. The van der Waals surface area contributed by atoms with Crippen molar-refractivity contribution < 1.29 is 13.7 Å². The minimum Gasteiger partial charge on any atom is -0.454 e. The van der Waals surface area contributed by atoms with Gasteiger partial charge < -0.3 is 13.8 Å². The molecular weight excluding hydrogens is 334 g/mol. The molecule has 0 N–H and O–H groups in total. The standard InChI is InChI=1S/C18H23N5O3/c1-4-22(12-16-20-17(26-21-16)10-13(2)3)18(24)15-7-6-14(25-15)11-23-9-5-8-19-23/h5-9,13H,4,10-12H2,1-3H3. The fourth-order valence-corrected chi connectivity index (χ4v) is 2.57. The third-order valence-corrected chi connectivity index (χ3v) is 3.84. The minimum atomic E-state index is -0.200. The second-order valence-electron chi connectivity index (χ2n) is 6.49. The topological polar surface area (TPSA) is 90.2 Å². The van der Waals surface area contributed by atoms with Crippen LogP contribution in [0.2, 0.25) is 0 Å². The molecule has 0 spiro atoms. The monoisotopic (exact) mass is 357 g/mol. The fourth-order valence-electron chi connectivity index (χ4n) is 2.57. The van der Waals surface area contributed by atoms with E-state index in [1.807, 2.05) is 19.2 Å². The molecule has 138 valence electrons. The van der Waals surface area contributed by atoms with E-state index in [4.69, 9.17) is 8.94 Å².